The lowest BCUT2D eigenvalue weighted by Gasteiger charge is -2.21. The zero-order valence-corrected chi connectivity index (χ0v) is 11.9. The van der Waals surface area contributed by atoms with Gasteiger partial charge in [0.1, 0.15) is 0 Å². The van der Waals surface area contributed by atoms with Crippen LogP contribution in [0.15, 0.2) is 0 Å². The molecule has 0 aromatic rings. The number of nitrogens with two attached hydrogens (primary N) is 1. The Hall–Kier alpha value is -0.680. The van der Waals surface area contributed by atoms with Gasteiger partial charge in [-0.2, -0.15) is 0 Å². The summed E-state index contributed by atoms with van der Waals surface area (Å²) < 4.78 is 5.39. The second-order valence-electron chi connectivity index (χ2n) is 4.56. The standard InChI is InChI=1S/C12H24N2O2S/c1-4-5-8-16-9-6-7-14-11(15)12(2,3)10(13)17/h4-9H2,1-3H3,(H2,13,17)(H,14,15). The van der Waals surface area contributed by atoms with Crippen LogP contribution in [0.4, 0.5) is 0 Å². The number of nitrogens with one attached hydrogen (secondary N) is 1. The summed E-state index contributed by atoms with van der Waals surface area (Å²) in [5, 5.41) is 2.81. The van der Waals surface area contributed by atoms with Gasteiger partial charge in [0.25, 0.3) is 0 Å². The normalized spacial score (nSPS) is 11.2. The number of carbonyl (C=O) groups is 1. The van der Waals surface area contributed by atoms with Gasteiger partial charge in [-0.3, -0.25) is 4.79 Å². The summed E-state index contributed by atoms with van der Waals surface area (Å²) in [7, 11) is 0. The van der Waals surface area contributed by atoms with Crippen LogP contribution in [0.2, 0.25) is 0 Å². The van der Waals surface area contributed by atoms with Crippen molar-refractivity contribution in [2.75, 3.05) is 19.8 Å². The van der Waals surface area contributed by atoms with Crippen LogP contribution in [-0.2, 0) is 9.53 Å². The van der Waals surface area contributed by atoms with Gasteiger partial charge in [0.2, 0.25) is 5.91 Å². The van der Waals surface area contributed by atoms with E-state index in [2.05, 4.69) is 12.2 Å². The maximum absolute atomic E-state index is 11.7. The van der Waals surface area contributed by atoms with Gasteiger partial charge in [-0.25, -0.2) is 0 Å². The van der Waals surface area contributed by atoms with E-state index in [0.717, 1.165) is 25.9 Å². The minimum absolute atomic E-state index is 0.126. The lowest BCUT2D eigenvalue weighted by molar-refractivity contribution is -0.126. The van der Waals surface area contributed by atoms with Crippen molar-refractivity contribution in [2.24, 2.45) is 11.1 Å². The molecule has 0 saturated heterocycles. The van der Waals surface area contributed by atoms with E-state index in [0.29, 0.717) is 13.2 Å². The number of hydrogen-bond acceptors (Lipinski definition) is 3. The van der Waals surface area contributed by atoms with Crippen LogP contribution in [-0.4, -0.2) is 30.7 Å². The van der Waals surface area contributed by atoms with Crippen LogP contribution in [0, 0.1) is 5.41 Å². The van der Waals surface area contributed by atoms with Gasteiger partial charge in [0, 0.05) is 19.8 Å². The van der Waals surface area contributed by atoms with Gasteiger partial charge in [-0.1, -0.05) is 25.6 Å². The van der Waals surface area contributed by atoms with E-state index in [1.807, 2.05) is 0 Å². The van der Waals surface area contributed by atoms with Crippen molar-refractivity contribution in [1.29, 1.82) is 0 Å². The highest BCUT2D eigenvalue weighted by atomic mass is 32.1. The molecule has 0 aliphatic rings. The molecule has 0 heterocycles. The summed E-state index contributed by atoms with van der Waals surface area (Å²) in [6.07, 6.45) is 3.03. The van der Waals surface area contributed by atoms with Gasteiger partial charge in [-0.15, -0.1) is 0 Å². The Balaban J connectivity index is 3.62. The molecule has 4 nitrogen and oxygen atoms in total. The average molecular weight is 260 g/mol. The molecule has 3 N–H and O–H groups in total. The molecule has 0 rings (SSSR count). The monoisotopic (exact) mass is 260 g/mol. The minimum atomic E-state index is -0.779. The molecule has 0 spiro atoms. The third kappa shape index (κ3) is 6.58. The summed E-state index contributed by atoms with van der Waals surface area (Å²) >= 11 is 4.85. The summed E-state index contributed by atoms with van der Waals surface area (Å²) in [6.45, 7) is 7.64. The van der Waals surface area contributed by atoms with Crippen LogP contribution < -0.4 is 11.1 Å². The number of thiocarbonyl (C=S) groups is 1. The summed E-state index contributed by atoms with van der Waals surface area (Å²) in [5.41, 5.74) is 4.72. The Labute approximate surface area is 109 Å². The third-order valence-electron chi connectivity index (χ3n) is 2.58. The van der Waals surface area contributed by atoms with Crippen molar-refractivity contribution < 1.29 is 9.53 Å². The van der Waals surface area contributed by atoms with Gasteiger partial charge in [0.05, 0.1) is 10.4 Å². The maximum atomic E-state index is 11.7. The predicted octanol–water partition coefficient (Wildman–Crippen LogP) is 1.62. The van der Waals surface area contributed by atoms with E-state index >= 15 is 0 Å². The van der Waals surface area contributed by atoms with Crippen LogP contribution in [0.5, 0.6) is 0 Å². The van der Waals surface area contributed by atoms with Gasteiger partial charge in [-0.05, 0) is 26.7 Å². The second-order valence-corrected chi connectivity index (χ2v) is 5.00. The van der Waals surface area contributed by atoms with Gasteiger partial charge in [0.15, 0.2) is 0 Å². The van der Waals surface area contributed by atoms with Gasteiger partial charge < -0.3 is 15.8 Å². The van der Waals surface area contributed by atoms with Crippen molar-refractivity contribution in [3.63, 3.8) is 0 Å². The lowest BCUT2D eigenvalue weighted by Crippen LogP contribution is -2.45. The molecular weight excluding hydrogens is 236 g/mol. The smallest absolute Gasteiger partial charge is 0.232 e. The fraction of sp³-hybridized carbons (Fsp3) is 0.833. The Kier molecular flexibility index (Phi) is 8.08. The first kappa shape index (κ1) is 16.3. The van der Waals surface area contributed by atoms with Crippen molar-refractivity contribution in [3.8, 4) is 0 Å². The summed E-state index contributed by atoms with van der Waals surface area (Å²) in [5.74, 6) is -0.126. The first-order valence-corrected chi connectivity index (χ1v) is 6.49. The van der Waals surface area contributed by atoms with E-state index in [-0.39, 0.29) is 10.9 Å². The number of amides is 1. The quantitative estimate of drug-likeness (QED) is 0.488. The van der Waals surface area contributed by atoms with E-state index in [1.165, 1.54) is 0 Å². The number of hydrogen-bond donors (Lipinski definition) is 2. The number of carbonyl (C=O) groups excluding carboxylic acids is 1. The van der Waals surface area contributed by atoms with Gasteiger partial charge >= 0.3 is 0 Å². The molecule has 0 fully saturated rings. The molecule has 17 heavy (non-hydrogen) atoms. The fourth-order valence-corrected chi connectivity index (χ4v) is 1.15. The van der Waals surface area contributed by atoms with Crippen molar-refractivity contribution in [1.82, 2.24) is 5.32 Å². The average Bonchev–Trinajstić information content (AvgIpc) is 2.27. The Morgan fingerprint density at radius 3 is 2.47 bits per heavy atom. The predicted molar refractivity (Wildman–Crippen MR) is 73.9 cm³/mol. The van der Waals surface area contributed by atoms with Crippen molar-refractivity contribution in [3.05, 3.63) is 0 Å². The molecule has 0 aliphatic carbocycles. The fourth-order valence-electron chi connectivity index (χ4n) is 1.06. The number of rotatable bonds is 9. The topological polar surface area (TPSA) is 64.3 Å². The molecule has 0 bridgehead atoms. The second kappa shape index (κ2) is 8.42. The molecule has 0 aliphatic heterocycles. The van der Waals surface area contributed by atoms with E-state index in [9.17, 15) is 4.79 Å². The summed E-state index contributed by atoms with van der Waals surface area (Å²) in [6, 6.07) is 0. The Bertz CT molecular complexity index is 255. The molecule has 0 aromatic heterocycles. The third-order valence-corrected chi connectivity index (χ3v) is 3.09. The molecule has 0 saturated carbocycles. The van der Waals surface area contributed by atoms with Crippen LogP contribution in [0.1, 0.15) is 40.0 Å². The molecule has 0 unspecified atom stereocenters. The lowest BCUT2D eigenvalue weighted by atomic mass is 9.92. The van der Waals surface area contributed by atoms with Crippen LogP contribution >= 0.6 is 12.2 Å². The zero-order chi connectivity index (χ0) is 13.3. The molecule has 100 valence electrons. The molecule has 0 aromatic carbocycles. The van der Waals surface area contributed by atoms with Crippen molar-refractivity contribution in [2.45, 2.75) is 40.0 Å². The molecule has 0 radical (unpaired) electrons. The number of ether oxygens (including phenoxy) is 1. The largest absolute Gasteiger partial charge is 0.392 e. The zero-order valence-electron chi connectivity index (χ0n) is 11.0. The van der Waals surface area contributed by atoms with E-state index in [4.69, 9.17) is 22.7 Å². The summed E-state index contributed by atoms with van der Waals surface area (Å²) in [4.78, 5) is 11.9. The molecule has 0 atom stereocenters. The van der Waals surface area contributed by atoms with E-state index in [1.54, 1.807) is 13.8 Å². The van der Waals surface area contributed by atoms with Crippen LogP contribution in [0.3, 0.4) is 0 Å². The molecular formula is C12H24N2O2S. The highest BCUT2D eigenvalue weighted by Crippen LogP contribution is 2.14. The molecule has 1 amide bonds. The van der Waals surface area contributed by atoms with E-state index < -0.39 is 5.41 Å². The maximum Gasteiger partial charge on any atom is 0.232 e. The molecule has 5 heteroatoms. The van der Waals surface area contributed by atoms with Crippen LogP contribution in [0.25, 0.3) is 0 Å². The minimum Gasteiger partial charge on any atom is -0.392 e. The Morgan fingerprint density at radius 2 is 1.94 bits per heavy atom. The first-order chi connectivity index (χ1) is 7.92. The highest BCUT2D eigenvalue weighted by Gasteiger charge is 2.30. The number of unbranched alkanes of at least 4 members (excludes halogenated alkanes) is 1. The highest BCUT2D eigenvalue weighted by molar-refractivity contribution is 7.80. The SMILES string of the molecule is CCCCOCCCNC(=O)C(C)(C)C(N)=S. The first-order valence-electron chi connectivity index (χ1n) is 6.08. The van der Waals surface area contributed by atoms with Crippen molar-refractivity contribution >= 4 is 23.1 Å². The Morgan fingerprint density at radius 1 is 1.35 bits per heavy atom.